The summed E-state index contributed by atoms with van der Waals surface area (Å²) < 4.78 is 0. The quantitative estimate of drug-likeness (QED) is 0.358. The molecule has 0 unspecified atom stereocenters. The predicted octanol–water partition coefficient (Wildman–Crippen LogP) is -0.00350. The SMILES string of the molecule is Cl.NC(CCl)=NCCO. The van der Waals surface area contributed by atoms with Crippen molar-refractivity contribution in [3.05, 3.63) is 0 Å². The van der Waals surface area contributed by atoms with Crippen molar-refractivity contribution in [1.82, 2.24) is 0 Å². The number of aliphatic hydroxyl groups is 1. The van der Waals surface area contributed by atoms with Gasteiger partial charge < -0.3 is 10.8 Å². The Labute approximate surface area is 65.3 Å². The number of halogens is 2. The molecule has 0 spiro atoms. The van der Waals surface area contributed by atoms with E-state index in [4.69, 9.17) is 22.4 Å². The largest absolute Gasteiger partial charge is 0.394 e. The first-order valence-corrected chi connectivity index (χ1v) is 2.80. The Hall–Kier alpha value is 0.01000. The van der Waals surface area contributed by atoms with Gasteiger partial charge in [-0.05, 0) is 0 Å². The highest BCUT2D eigenvalue weighted by molar-refractivity contribution is 6.27. The van der Waals surface area contributed by atoms with Crippen molar-refractivity contribution in [2.45, 2.75) is 0 Å². The van der Waals surface area contributed by atoms with Gasteiger partial charge in [-0.2, -0.15) is 0 Å². The van der Waals surface area contributed by atoms with Crippen LogP contribution in [0, 0.1) is 0 Å². The van der Waals surface area contributed by atoms with E-state index in [0.717, 1.165) is 0 Å². The summed E-state index contributed by atoms with van der Waals surface area (Å²) in [6.45, 7) is 0.371. The molecule has 9 heavy (non-hydrogen) atoms. The minimum absolute atomic E-state index is 0. The van der Waals surface area contributed by atoms with Crippen LogP contribution < -0.4 is 5.73 Å². The highest BCUT2D eigenvalue weighted by Crippen LogP contribution is 1.75. The van der Waals surface area contributed by atoms with E-state index in [2.05, 4.69) is 4.99 Å². The van der Waals surface area contributed by atoms with Crippen molar-refractivity contribution in [2.75, 3.05) is 19.0 Å². The first-order chi connectivity index (χ1) is 3.81. The molecule has 0 aromatic heterocycles. The van der Waals surface area contributed by atoms with E-state index in [-0.39, 0.29) is 24.9 Å². The third-order valence-electron chi connectivity index (χ3n) is 0.552. The number of aliphatic hydroxyl groups excluding tert-OH is 1. The van der Waals surface area contributed by atoms with Gasteiger partial charge in [-0.3, -0.25) is 4.99 Å². The predicted molar refractivity (Wildman–Crippen MR) is 41.5 cm³/mol. The van der Waals surface area contributed by atoms with Crippen molar-refractivity contribution in [1.29, 1.82) is 0 Å². The van der Waals surface area contributed by atoms with E-state index < -0.39 is 0 Å². The monoisotopic (exact) mass is 172 g/mol. The summed E-state index contributed by atoms with van der Waals surface area (Å²) in [5, 5.41) is 8.20. The number of rotatable bonds is 3. The van der Waals surface area contributed by atoms with E-state index in [1.807, 2.05) is 0 Å². The summed E-state index contributed by atoms with van der Waals surface area (Å²) in [5.41, 5.74) is 5.17. The van der Waals surface area contributed by atoms with Crippen LogP contribution in [0.15, 0.2) is 4.99 Å². The van der Waals surface area contributed by atoms with Crippen LogP contribution in [0.25, 0.3) is 0 Å². The fourth-order valence-electron chi connectivity index (χ4n) is 0.236. The van der Waals surface area contributed by atoms with Crippen LogP contribution in [-0.4, -0.2) is 30.0 Å². The summed E-state index contributed by atoms with van der Waals surface area (Å²) in [6, 6.07) is 0. The van der Waals surface area contributed by atoms with Crippen LogP contribution in [0.2, 0.25) is 0 Å². The molecular weight excluding hydrogens is 163 g/mol. The second-order valence-electron chi connectivity index (χ2n) is 1.23. The second-order valence-corrected chi connectivity index (χ2v) is 1.50. The molecule has 0 radical (unpaired) electrons. The lowest BCUT2D eigenvalue weighted by molar-refractivity contribution is 0.307. The molecule has 0 rings (SSSR count). The third-order valence-corrected chi connectivity index (χ3v) is 0.826. The Bertz CT molecular complexity index is 86.6. The van der Waals surface area contributed by atoms with Crippen LogP contribution in [-0.2, 0) is 0 Å². The average molecular weight is 173 g/mol. The Kier molecular flexibility index (Phi) is 10.5. The van der Waals surface area contributed by atoms with Crippen molar-refractivity contribution >= 4 is 29.8 Å². The normalized spacial score (nSPS) is 10.7. The van der Waals surface area contributed by atoms with E-state index in [1.165, 1.54) is 0 Å². The fourth-order valence-corrected chi connectivity index (χ4v) is 0.320. The van der Waals surface area contributed by atoms with Crippen LogP contribution in [0.4, 0.5) is 0 Å². The molecule has 0 fully saturated rings. The zero-order chi connectivity index (χ0) is 6.41. The Morgan fingerprint density at radius 1 is 1.67 bits per heavy atom. The van der Waals surface area contributed by atoms with E-state index in [1.54, 1.807) is 0 Å². The smallest absolute Gasteiger partial charge is 0.109 e. The van der Waals surface area contributed by atoms with Crippen LogP contribution in [0.1, 0.15) is 0 Å². The number of hydrogen-bond acceptors (Lipinski definition) is 2. The van der Waals surface area contributed by atoms with Gasteiger partial charge in [0.1, 0.15) is 5.84 Å². The van der Waals surface area contributed by atoms with Crippen LogP contribution >= 0.6 is 24.0 Å². The molecule has 0 aliphatic rings. The molecule has 0 saturated carbocycles. The molecule has 0 aromatic carbocycles. The topological polar surface area (TPSA) is 58.6 Å². The molecule has 0 heterocycles. The molecule has 0 bridgehead atoms. The first kappa shape index (κ1) is 11.8. The minimum atomic E-state index is 0. The van der Waals surface area contributed by atoms with Crippen molar-refractivity contribution in [3.8, 4) is 0 Å². The van der Waals surface area contributed by atoms with E-state index >= 15 is 0 Å². The highest BCUT2D eigenvalue weighted by atomic mass is 35.5. The molecule has 0 amide bonds. The molecule has 0 atom stereocenters. The maximum atomic E-state index is 8.20. The molecule has 5 heteroatoms. The van der Waals surface area contributed by atoms with Gasteiger partial charge in [0, 0.05) is 0 Å². The number of nitrogens with two attached hydrogens (primary N) is 1. The van der Waals surface area contributed by atoms with Gasteiger partial charge in [0.05, 0.1) is 19.0 Å². The third kappa shape index (κ3) is 8.01. The molecule has 0 aromatic rings. The van der Waals surface area contributed by atoms with Gasteiger partial charge in [-0.15, -0.1) is 24.0 Å². The minimum Gasteiger partial charge on any atom is -0.394 e. The molecule has 0 saturated heterocycles. The molecule has 3 N–H and O–H groups in total. The molecular formula is C4H10Cl2N2O. The van der Waals surface area contributed by atoms with Crippen molar-refractivity contribution < 1.29 is 5.11 Å². The Morgan fingerprint density at radius 3 is 2.56 bits per heavy atom. The summed E-state index contributed by atoms with van der Waals surface area (Å²) >= 11 is 5.25. The van der Waals surface area contributed by atoms with Gasteiger partial charge in [-0.25, -0.2) is 0 Å². The van der Waals surface area contributed by atoms with Gasteiger partial charge in [0.2, 0.25) is 0 Å². The van der Waals surface area contributed by atoms with Gasteiger partial charge in [0.25, 0.3) is 0 Å². The zero-order valence-corrected chi connectivity index (χ0v) is 6.45. The lowest BCUT2D eigenvalue weighted by Gasteiger charge is -1.90. The van der Waals surface area contributed by atoms with Gasteiger partial charge >= 0.3 is 0 Å². The number of amidine groups is 1. The average Bonchev–Trinajstić information content (AvgIpc) is 1.83. The summed E-state index contributed by atoms with van der Waals surface area (Å²) in [5.74, 6) is 0.612. The molecule has 3 nitrogen and oxygen atoms in total. The Balaban J connectivity index is 0. The van der Waals surface area contributed by atoms with Crippen LogP contribution in [0.3, 0.4) is 0 Å². The highest BCUT2D eigenvalue weighted by Gasteiger charge is 1.83. The first-order valence-electron chi connectivity index (χ1n) is 2.27. The fraction of sp³-hybridized carbons (Fsp3) is 0.750. The summed E-state index contributed by atoms with van der Waals surface area (Å²) in [6.07, 6.45) is 0. The van der Waals surface area contributed by atoms with E-state index in [9.17, 15) is 0 Å². The van der Waals surface area contributed by atoms with Gasteiger partial charge in [0.15, 0.2) is 0 Å². The number of aliphatic imine (C=N–C) groups is 1. The number of nitrogens with zero attached hydrogens (tertiary/aromatic N) is 1. The van der Waals surface area contributed by atoms with Crippen LogP contribution in [0.5, 0.6) is 0 Å². The Morgan fingerprint density at radius 2 is 2.22 bits per heavy atom. The molecule has 0 aliphatic carbocycles. The summed E-state index contributed by atoms with van der Waals surface area (Å²) in [4.78, 5) is 3.67. The lowest BCUT2D eigenvalue weighted by atomic mass is 10.6. The van der Waals surface area contributed by atoms with Crippen molar-refractivity contribution in [3.63, 3.8) is 0 Å². The number of alkyl halides is 1. The van der Waals surface area contributed by atoms with E-state index in [0.29, 0.717) is 12.4 Å². The van der Waals surface area contributed by atoms with Gasteiger partial charge in [-0.1, -0.05) is 0 Å². The second kappa shape index (κ2) is 8.01. The molecule has 0 aliphatic heterocycles. The lowest BCUT2D eigenvalue weighted by Crippen LogP contribution is -2.14. The summed E-state index contributed by atoms with van der Waals surface area (Å²) in [7, 11) is 0. The molecule has 56 valence electrons. The maximum absolute atomic E-state index is 8.20. The van der Waals surface area contributed by atoms with Crippen molar-refractivity contribution in [2.24, 2.45) is 10.7 Å². The number of hydrogen-bond donors (Lipinski definition) is 2. The standard InChI is InChI=1S/C4H9ClN2O.ClH/c5-3-4(6)7-1-2-8;/h8H,1-3H2,(H2,6,7);1H. The maximum Gasteiger partial charge on any atom is 0.109 e. The zero-order valence-electron chi connectivity index (χ0n) is 4.88.